The van der Waals surface area contributed by atoms with Crippen molar-refractivity contribution < 1.29 is 13.9 Å². The number of nitrogens with zero attached hydrogens (tertiary/aromatic N) is 3. The van der Waals surface area contributed by atoms with Gasteiger partial charge in [-0.15, -0.1) is 11.3 Å². The van der Waals surface area contributed by atoms with Crippen LogP contribution in [0, 0.1) is 0 Å². The highest BCUT2D eigenvalue weighted by molar-refractivity contribution is 7.13. The molecule has 0 bridgehead atoms. The average Bonchev–Trinajstić information content (AvgIpc) is 3.36. The number of oxazole rings is 1. The number of aryl methyl sites for hydroxylation is 1. The fourth-order valence-corrected chi connectivity index (χ4v) is 4.50. The first kappa shape index (κ1) is 22.0. The summed E-state index contributed by atoms with van der Waals surface area (Å²) >= 11 is 7.36. The maximum absolute atomic E-state index is 12.3. The number of halogens is 1. The molecule has 31 heavy (non-hydrogen) atoms. The summed E-state index contributed by atoms with van der Waals surface area (Å²) in [6.45, 7) is 6.70. The molecule has 0 spiro atoms. The molecule has 2 unspecified atom stereocenters. The van der Waals surface area contributed by atoms with E-state index in [0.717, 1.165) is 30.9 Å². The SMILES string of the molecule is CC1CN(Cc2csc(NC(=O)CCc3ncc(-c4ccc(Cl)cc4)o3)n2)CC(C)O1. The number of amides is 1. The molecule has 1 fully saturated rings. The quantitative estimate of drug-likeness (QED) is 0.553. The monoisotopic (exact) mass is 460 g/mol. The number of carbonyl (C=O) groups excluding carboxylic acids is 1. The Kier molecular flexibility index (Phi) is 7.02. The fraction of sp³-hybridized carbons (Fsp3) is 0.409. The maximum Gasteiger partial charge on any atom is 0.226 e. The van der Waals surface area contributed by atoms with Crippen molar-refractivity contribution >= 4 is 34.0 Å². The van der Waals surface area contributed by atoms with Gasteiger partial charge in [-0.3, -0.25) is 9.69 Å². The van der Waals surface area contributed by atoms with Gasteiger partial charge in [-0.05, 0) is 38.1 Å². The molecule has 2 atom stereocenters. The van der Waals surface area contributed by atoms with E-state index in [4.69, 9.17) is 20.8 Å². The van der Waals surface area contributed by atoms with E-state index >= 15 is 0 Å². The molecule has 0 aliphatic carbocycles. The number of hydrogen-bond donors (Lipinski definition) is 1. The maximum atomic E-state index is 12.3. The van der Waals surface area contributed by atoms with Crippen LogP contribution in [0.2, 0.25) is 5.02 Å². The summed E-state index contributed by atoms with van der Waals surface area (Å²) in [6, 6.07) is 7.35. The van der Waals surface area contributed by atoms with Gasteiger partial charge in [0.15, 0.2) is 16.8 Å². The average molecular weight is 461 g/mol. The van der Waals surface area contributed by atoms with Crippen LogP contribution in [0.25, 0.3) is 11.3 Å². The van der Waals surface area contributed by atoms with E-state index in [-0.39, 0.29) is 24.5 Å². The molecule has 3 aromatic rings. The van der Waals surface area contributed by atoms with Gasteiger partial charge in [0.25, 0.3) is 0 Å². The standard InChI is InChI=1S/C22H25ClN4O3S/c1-14-10-27(11-15(2)29-14)12-18-13-31-22(25-18)26-20(28)7-8-21-24-9-19(30-21)16-3-5-17(23)6-4-16/h3-6,9,13-15H,7-8,10-12H2,1-2H3,(H,25,26,28). The Morgan fingerprint density at radius 1 is 1.26 bits per heavy atom. The molecular formula is C22H25ClN4O3S. The zero-order valence-electron chi connectivity index (χ0n) is 17.5. The lowest BCUT2D eigenvalue weighted by Gasteiger charge is -2.34. The van der Waals surface area contributed by atoms with Crippen molar-refractivity contribution in [2.24, 2.45) is 0 Å². The first-order valence-electron chi connectivity index (χ1n) is 10.3. The summed E-state index contributed by atoms with van der Waals surface area (Å²) in [5.74, 6) is 1.07. The van der Waals surface area contributed by atoms with Crippen LogP contribution < -0.4 is 5.32 Å². The van der Waals surface area contributed by atoms with Crippen LogP contribution in [0.3, 0.4) is 0 Å². The third kappa shape index (κ3) is 6.13. The Labute approximate surface area is 190 Å². The minimum atomic E-state index is -0.110. The molecule has 7 nitrogen and oxygen atoms in total. The van der Waals surface area contributed by atoms with E-state index in [1.54, 1.807) is 18.3 Å². The Morgan fingerprint density at radius 2 is 2.00 bits per heavy atom. The number of aromatic nitrogens is 2. The number of anilines is 1. The van der Waals surface area contributed by atoms with Gasteiger partial charge in [-0.1, -0.05) is 11.6 Å². The molecule has 1 saturated heterocycles. The molecule has 1 aliphatic heterocycles. The number of ether oxygens (including phenoxy) is 1. The number of hydrogen-bond acceptors (Lipinski definition) is 7. The van der Waals surface area contributed by atoms with Crippen molar-refractivity contribution in [3.05, 3.63) is 52.4 Å². The highest BCUT2D eigenvalue weighted by Gasteiger charge is 2.22. The molecule has 9 heteroatoms. The molecule has 164 valence electrons. The van der Waals surface area contributed by atoms with E-state index in [1.165, 1.54) is 11.3 Å². The zero-order valence-corrected chi connectivity index (χ0v) is 19.1. The minimum absolute atomic E-state index is 0.110. The van der Waals surface area contributed by atoms with E-state index < -0.39 is 0 Å². The topological polar surface area (TPSA) is 80.5 Å². The van der Waals surface area contributed by atoms with Gasteiger partial charge in [0, 0.05) is 48.4 Å². The molecular weight excluding hydrogens is 436 g/mol. The molecule has 3 heterocycles. The normalized spacial score (nSPS) is 19.5. The fourth-order valence-electron chi connectivity index (χ4n) is 3.66. The van der Waals surface area contributed by atoms with Gasteiger partial charge < -0.3 is 14.5 Å². The summed E-state index contributed by atoms with van der Waals surface area (Å²) in [7, 11) is 0. The number of morpholine rings is 1. The van der Waals surface area contributed by atoms with Gasteiger partial charge in [0.1, 0.15) is 0 Å². The lowest BCUT2D eigenvalue weighted by molar-refractivity contribution is -0.116. The van der Waals surface area contributed by atoms with Gasteiger partial charge in [0.2, 0.25) is 5.91 Å². The van der Waals surface area contributed by atoms with Gasteiger partial charge in [-0.2, -0.15) is 0 Å². The molecule has 0 radical (unpaired) electrons. The van der Waals surface area contributed by atoms with E-state index in [9.17, 15) is 4.79 Å². The summed E-state index contributed by atoms with van der Waals surface area (Å²) in [6.07, 6.45) is 2.79. The van der Waals surface area contributed by atoms with Crippen LogP contribution in [0.15, 0.2) is 40.3 Å². The van der Waals surface area contributed by atoms with Crippen LogP contribution in [0.4, 0.5) is 5.13 Å². The summed E-state index contributed by atoms with van der Waals surface area (Å²) < 4.78 is 11.5. The number of benzene rings is 1. The zero-order chi connectivity index (χ0) is 21.8. The van der Waals surface area contributed by atoms with Gasteiger partial charge >= 0.3 is 0 Å². The van der Waals surface area contributed by atoms with Gasteiger partial charge in [-0.25, -0.2) is 9.97 Å². The first-order chi connectivity index (χ1) is 14.9. The van der Waals surface area contributed by atoms with E-state index in [0.29, 0.717) is 28.2 Å². The molecule has 1 aliphatic rings. The highest BCUT2D eigenvalue weighted by Crippen LogP contribution is 2.23. The van der Waals surface area contributed by atoms with Crippen LogP contribution >= 0.6 is 22.9 Å². The third-order valence-corrected chi connectivity index (χ3v) is 5.99. The van der Waals surface area contributed by atoms with Crippen LogP contribution in [-0.2, 0) is 22.5 Å². The summed E-state index contributed by atoms with van der Waals surface area (Å²) in [5, 5.41) is 6.15. The molecule has 1 N–H and O–H groups in total. The third-order valence-electron chi connectivity index (χ3n) is 4.93. The second-order valence-corrected chi connectivity index (χ2v) is 9.06. The lowest BCUT2D eigenvalue weighted by atomic mass is 10.2. The predicted molar refractivity (Wildman–Crippen MR) is 121 cm³/mol. The van der Waals surface area contributed by atoms with Gasteiger partial charge in [0.05, 0.1) is 24.1 Å². The Balaban J connectivity index is 1.25. The largest absolute Gasteiger partial charge is 0.441 e. The smallest absolute Gasteiger partial charge is 0.226 e. The number of thiazole rings is 1. The van der Waals surface area contributed by atoms with Crippen LogP contribution in [0.1, 0.15) is 31.9 Å². The second-order valence-electron chi connectivity index (χ2n) is 7.77. The molecule has 0 saturated carbocycles. The lowest BCUT2D eigenvalue weighted by Crippen LogP contribution is -2.44. The second kappa shape index (κ2) is 9.91. The van der Waals surface area contributed by atoms with Crippen LogP contribution in [0.5, 0.6) is 0 Å². The van der Waals surface area contributed by atoms with E-state index in [1.807, 2.05) is 17.5 Å². The van der Waals surface area contributed by atoms with Crippen molar-refractivity contribution in [1.82, 2.24) is 14.9 Å². The number of nitrogens with one attached hydrogen (secondary N) is 1. The number of rotatable bonds is 7. The Morgan fingerprint density at radius 3 is 2.74 bits per heavy atom. The van der Waals surface area contributed by atoms with Crippen molar-refractivity contribution in [3.63, 3.8) is 0 Å². The van der Waals surface area contributed by atoms with E-state index in [2.05, 4.69) is 34.0 Å². The predicted octanol–water partition coefficient (Wildman–Crippen LogP) is 4.63. The molecule has 1 aromatic carbocycles. The molecule has 1 amide bonds. The highest BCUT2D eigenvalue weighted by atomic mass is 35.5. The summed E-state index contributed by atoms with van der Waals surface area (Å²) in [5.41, 5.74) is 1.86. The van der Waals surface area contributed by atoms with Crippen molar-refractivity contribution in [3.8, 4) is 11.3 Å². The van der Waals surface area contributed by atoms with Crippen LogP contribution in [-0.4, -0.2) is 46.1 Å². The Hall–Kier alpha value is -2.26. The molecule has 4 rings (SSSR count). The molecule has 2 aromatic heterocycles. The van der Waals surface area contributed by atoms with Crippen molar-refractivity contribution in [2.45, 2.75) is 45.4 Å². The Bertz CT molecular complexity index is 1010. The van der Waals surface area contributed by atoms with Crippen molar-refractivity contribution in [2.75, 3.05) is 18.4 Å². The summed E-state index contributed by atoms with van der Waals surface area (Å²) in [4.78, 5) is 23.5. The minimum Gasteiger partial charge on any atom is -0.441 e. The van der Waals surface area contributed by atoms with Crippen molar-refractivity contribution in [1.29, 1.82) is 0 Å². The first-order valence-corrected chi connectivity index (χ1v) is 11.5. The number of carbonyl (C=O) groups is 1.